The van der Waals surface area contributed by atoms with Crippen LogP contribution in [-0.4, -0.2) is 31.3 Å². The van der Waals surface area contributed by atoms with Crippen LogP contribution in [0.3, 0.4) is 0 Å². The smallest absolute Gasteiger partial charge is 0.256 e. The van der Waals surface area contributed by atoms with Gasteiger partial charge in [0.25, 0.3) is 5.95 Å². The molecule has 2 aromatic heterocycles. The van der Waals surface area contributed by atoms with E-state index in [0.29, 0.717) is 18.4 Å². The van der Waals surface area contributed by atoms with Crippen LogP contribution in [0.2, 0.25) is 5.28 Å². The van der Waals surface area contributed by atoms with Gasteiger partial charge in [0.2, 0.25) is 11.2 Å². The maximum atomic E-state index is 5.84. The van der Waals surface area contributed by atoms with Gasteiger partial charge in [-0.15, -0.1) is 11.8 Å². The molecule has 0 aliphatic rings. The monoisotopic (exact) mass is 262 g/mol. The third-order valence-electron chi connectivity index (χ3n) is 2.02. The van der Waals surface area contributed by atoms with E-state index in [4.69, 9.17) is 11.6 Å². The molecule has 1 N–H and O–H groups in total. The summed E-state index contributed by atoms with van der Waals surface area (Å²) in [6, 6.07) is 1.78. The standard InChI is InChI=1S/C11H11ClN6/c1-2-3-4-6-13-10-15-9(12)16-11(17-10)18-8-5-7-14-18/h5,7-8H,4,6H2,1H3,(H,13,15,16,17). The summed E-state index contributed by atoms with van der Waals surface area (Å²) in [7, 11) is 0. The fourth-order valence-electron chi connectivity index (χ4n) is 1.27. The van der Waals surface area contributed by atoms with Crippen LogP contribution in [0.4, 0.5) is 5.95 Å². The van der Waals surface area contributed by atoms with Crippen LogP contribution in [0, 0.1) is 11.8 Å². The number of hydrogen-bond donors (Lipinski definition) is 1. The summed E-state index contributed by atoms with van der Waals surface area (Å²) in [6.45, 7) is 2.45. The van der Waals surface area contributed by atoms with Crippen molar-refractivity contribution in [2.24, 2.45) is 0 Å². The van der Waals surface area contributed by atoms with Crippen LogP contribution in [0.15, 0.2) is 18.5 Å². The molecular weight excluding hydrogens is 252 g/mol. The van der Waals surface area contributed by atoms with Crippen molar-refractivity contribution >= 4 is 17.5 Å². The quantitative estimate of drug-likeness (QED) is 0.669. The highest BCUT2D eigenvalue weighted by atomic mass is 35.5. The molecule has 18 heavy (non-hydrogen) atoms. The lowest BCUT2D eigenvalue weighted by atomic mass is 10.4. The fraction of sp³-hybridized carbons (Fsp3) is 0.273. The van der Waals surface area contributed by atoms with Crippen LogP contribution < -0.4 is 5.32 Å². The Kier molecular flexibility index (Phi) is 4.10. The second-order valence-electron chi connectivity index (χ2n) is 3.28. The van der Waals surface area contributed by atoms with Crippen molar-refractivity contribution in [2.75, 3.05) is 11.9 Å². The van der Waals surface area contributed by atoms with Gasteiger partial charge in [0.15, 0.2) is 0 Å². The zero-order chi connectivity index (χ0) is 12.8. The lowest BCUT2D eigenvalue weighted by Crippen LogP contribution is -2.10. The van der Waals surface area contributed by atoms with Gasteiger partial charge in [0.05, 0.1) is 0 Å². The van der Waals surface area contributed by atoms with E-state index in [0.717, 1.165) is 6.42 Å². The lowest BCUT2D eigenvalue weighted by Gasteiger charge is -2.05. The Bertz CT molecular complexity index is 569. The van der Waals surface area contributed by atoms with E-state index in [1.807, 2.05) is 0 Å². The van der Waals surface area contributed by atoms with Crippen LogP contribution in [-0.2, 0) is 0 Å². The van der Waals surface area contributed by atoms with Gasteiger partial charge in [0, 0.05) is 25.4 Å². The first-order valence-corrected chi connectivity index (χ1v) is 5.72. The molecule has 0 radical (unpaired) electrons. The maximum Gasteiger partial charge on any atom is 0.256 e. The number of nitrogens with zero attached hydrogens (tertiary/aromatic N) is 5. The van der Waals surface area contributed by atoms with Crippen molar-refractivity contribution in [3.63, 3.8) is 0 Å². The molecule has 7 heteroatoms. The Morgan fingerprint density at radius 1 is 1.39 bits per heavy atom. The fourth-order valence-corrected chi connectivity index (χ4v) is 1.43. The molecule has 92 valence electrons. The molecule has 0 atom stereocenters. The van der Waals surface area contributed by atoms with Gasteiger partial charge in [-0.25, -0.2) is 4.68 Å². The largest absolute Gasteiger partial charge is 0.353 e. The number of rotatable bonds is 4. The van der Waals surface area contributed by atoms with Crippen LogP contribution >= 0.6 is 11.6 Å². The van der Waals surface area contributed by atoms with Gasteiger partial charge in [-0.1, -0.05) is 0 Å². The molecule has 0 aliphatic carbocycles. The predicted molar refractivity (Wildman–Crippen MR) is 68.5 cm³/mol. The van der Waals surface area contributed by atoms with E-state index in [9.17, 15) is 0 Å². The van der Waals surface area contributed by atoms with Gasteiger partial charge < -0.3 is 5.32 Å². The average Bonchev–Trinajstić information content (AvgIpc) is 2.88. The Hall–Kier alpha value is -2.13. The molecule has 0 aliphatic heterocycles. The van der Waals surface area contributed by atoms with E-state index < -0.39 is 0 Å². The molecule has 0 fully saturated rings. The van der Waals surface area contributed by atoms with Gasteiger partial charge in [-0.2, -0.15) is 20.1 Å². The van der Waals surface area contributed by atoms with E-state index in [-0.39, 0.29) is 5.28 Å². The van der Waals surface area contributed by atoms with Crippen molar-refractivity contribution in [3.8, 4) is 17.8 Å². The van der Waals surface area contributed by atoms with Crippen LogP contribution in [0.25, 0.3) is 5.95 Å². The van der Waals surface area contributed by atoms with Crippen LogP contribution in [0.1, 0.15) is 13.3 Å². The second kappa shape index (κ2) is 5.98. The van der Waals surface area contributed by atoms with E-state index in [2.05, 4.69) is 37.2 Å². The highest BCUT2D eigenvalue weighted by molar-refractivity contribution is 6.28. The molecular formula is C11H11ClN6. The highest BCUT2D eigenvalue weighted by Crippen LogP contribution is 2.08. The average molecular weight is 263 g/mol. The molecule has 0 aromatic carbocycles. The Labute approximate surface area is 109 Å². The predicted octanol–water partition coefficient (Wildman–Crippen LogP) is 1.54. The second-order valence-corrected chi connectivity index (χ2v) is 3.62. The van der Waals surface area contributed by atoms with Gasteiger partial charge in [-0.3, -0.25) is 0 Å². The molecule has 2 rings (SSSR count). The minimum absolute atomic E-state index is 0.125. The minimum atomic E-state index is 0.125. The maximum absolute atomic E-state index is 5.84. The van der Waals surface area contributed by atoms with E-state index in [1.165, 1.54) is 4.68 Å². The first-order chi connectivity index (χ1) is 8.79. The number of aromatic nitrogens is 5. The number of halogens is 1. The number of hydrogen-bond acceptors (Lipinski definition) is 5. The third kappa shape index (κ3) is 3.18. The summed E-state index contributed by atoms with van der Waals surface area (Å²) in [5, 5.41) is 7.19. The highest BCUT2D eigenvalue weighted by Gasteiger charge is 2.06. The van der Waals surface area contributed by atoms with Crippen LogP contribution in [0.5, 0.6) is 0 Å². The van der Waals surface area contributed by atoms with Crippen molar-refractivity contribution in [1.29, 1.82) is 0 Å². The van der Waals surface area contributed by atoms with E-state index in [1.54, 1.807) is 25.4 Å². The van der Waals surface area contributed by atoms with Crippen molar-refractivity contribution in [1.82, 2.24) is 24.7 Å². The summed E-state index contributed by atoms with van der Waals surface area (Å²) in [4.78, 5) is 12.2. The molecule has 0 saturated carbocycles. The molecule has 0 amide bonds. The SMILES string of the molecule is CC#CCCNc1nc(Cl)nc(-n2cccn2)n1. The first kappa shape index (κ1) is 12.3. The van der Waals surface area contributed by atoms with E-state index >= 15 is 0 Å². The molecule has 2 heterocycles. The van der Waals surface area contributed by atoms with Crippen molar-refractivity contribution in [3.05, 3.63) is 23.7 Å². The lowest BCUT2D eigenvalue weighted by molar-refractivity contribution is 0.795. The minimum Gasteiger partial charge on any atom is -0.353 e. The summed E-state index contributed by atoms with van der Waals surface area (Å²) < 4.78 is 1.52. The Morgan fingerprint density at radius 3 is 3.00 bits per heavy atom. The number of anilines is 1. The normalized spacial score (nSPS) is 9.67. The van der Waals surface area contributed by atoms with Gasteiger partial charge in [-0.05, 0) is 24.6 Å². The van der Waals surface area contributed by atoms with Gasteiger partial charge in [0.1, 0.15) is 0 Å². The van der Waals surface area contributed by atoms with Gasteiger partial charge >= 0.3 is 0 Å². The molecule has 0 saturated heterocycles. The number of nitrogens with one attached hydrogen (secondary N) is 1. The molecule has 0 spiro atoms. The third-order valence-corrected chi connectivity index (χ3v) is 2.18. The summed E-state index contributed by atoms with van der Waals surface area (Å²) in [6.07, 6.45) is 4.09. The molecule has 2 aromatic rings. The summed E-state index contributed by atoms with van der Waals surface area (Å²) >= 11 is 5.84. The Balaban J connectivity index is 2.13. The summed E-state index contributed by atoms with van der Waals surface area (Å²) in [5.41, 5.74) is 0. The molecule has 6 nitrogen and oxygen atoms in total. The zero-order valence-electron chi connectivity index (χ0n) is 9.76. The van der Waals surface area contributed by atoms with Crippen molar-refractivity contribution in [2.45, 2.75) is 13.3 Å². The topological polar surface area (TPSA) is 68.5 Å². The zero-order valence-corrected chi connectivity index (χ0v) is 10.5. The Morgan fingerprint density at radius 2 is 2.28 bits per heavy atom. The van der Waals surface area contributed by atoms with Crippen molar-refractivity contribution < 1.29 is 0 Å². The molecule has 0 unspecified atom stereocenters. The first-order valence-electron chi connectivity index (χ1n) is 5.34. The molecule has 0 bridgehead atoms. The summed E-state index contributed by atoms with van der Waals surface area (Å²) in [5.74, 6) is 6.55.